The third-order valence-corrected chi connectivity index (χ3v) is 3.08. The highest BCUT2D eigenvalue weighted by atomic mass is 16.3. The van der Waals surface area contributed by atoms with Gasteiger partial charge in [0, 0.05) is 25.9 Å². The average molecular weight is 240 g/mol. The number of aliphatic hydroxyl groups is 2. The molecule has 6 nitrogen and oxygen atoms in total. The highest BCUT2D eigenvalue weighted by Crippen LogP contribution is 2.26. The third-order valence-electron chi connectivity index (χ3n) is 3.08. The van der Waals surface area contributed by atoms with Gasteiger partial charge in [0.15, 0.2) is 0 Å². The van der Waals surface area contributed by atoms with Gasteiger partial charge in [-0.3, -0.25) is 4.68 Å². The van der Waals surface area contributed by atoms with Crippen molar-refractivity contribution in [3.8, 4) is 0 Å². The van der Waals surface area contributed by atoms with Crippen LogP contribution in [-0.2, 0) is 13.1 Å². The molecule has 0 aliphatic heterocycles. The molecule has 1 fully saturated rings. The maximum Gasteiger partial charge on any atom is 0.0964 e. The lowest BCUT2D eigenvalue weighted by Gasteiger charge is -2.31. The molecule has 1 saturated carbocycles. The van der Waals surface area contributed by atoms with Crippen LogP contribution < -0.4 is 5.32 Å². The van der Waals surface area contributed by atoms with E-state index in [0.29, 0.717) is 25.4 Å². The molecular weight excluding hydrogens is 220 g/mol. The van der Waals surface area contributed by atoms with Gasteiger partial charge in [-0.15, -0.1) is 5.10 Å². The van der Waals surface area contributed by atoms with Gasteiger partial charge in [0.2, 0.25) is 0 Å². The summed E-state index contributed by atoms with van der Waals surface area (Å²) in [6.45, 7) is 2.53. The molecule has 1 aliphatic carbocycles. The van der Waals surface area contributed by atoms with E-state index < -0.39 is 0 Å². The Morgan fingerprint density at radius 2 is 2.29 bits per heavy atom. The smallest absolute Gasteiger partial charge is 0.0964 e. The first-order chi connectivity index (χ1) is 8.28. The fraction of sp³-hybridized carbons (Fsp3) is 0.818. The Bertz CT molecular complexity index is 336. The van der Waals surface area contributed by atoms with Crippen LogP contribution in [0.4, 0.5) is 0 Å². The second kappa shape index (κ2) is 6.09. The molecule has 0 atom stereocenters. The Morgan fingerprint density at radius 3 is 3.00 bits per heavy atom. The quantitative estimate of drug-likeness (QED) is 0.599. The predicted octanol–water partition coefficient (Wildman–Crippen LogP) is -0.479. The van der Waals surface area contributed by atoms with Crippen LogP contribution in [0.2, 0.25) is 0 Å². The Morgan fingerprint density at radius 1 is 1.47 bits per heavy atom. The first-order valence-corrected chi connectivity index (χ1v) is 6.16. The van der Waals surface area contributed by atoms with Crippen molar-refractivity contribution in [2.75, 3.05) is 13.2 Å². The van der Waals surface area contributed by atoms with Gasteiger partial charge in [0.25, 0.3) is 0 Å². The maximum absolute atomic E-state index is 9.15. The summed E-state index contributed by atoms with van der Waals surface area (Å²) in [5.41, 5.74) is 0.919. The van der Waals surface area contributed by atoms with E-state index >= 15 is 0 Å². The number of aliphatic hydroxyl groups excluding tert-OH is 2. The van der Waals surface area contributed by atoms with Crippen molar-refractivity contribution in [1.82, 2.24) is 20.3 Å². The van der Waals surface area contributed by atoms with Crippen molar-refractivity contribution in [3.63, 3.8) is 0 Å². The zero-order valence-corrected chi connectivity index (χ0v) is 9.92. The largest absolute Gasteiger partial charge is 0.396 e. The molecule has 3 N–H and O–H groups in total. The first-order valence-electron chi connectivity index (χ1n) is 6.16. The molecule has 17 heavy (non-hydrogen) atoms. The first kappa shape index (κ1) is 12.5. The summed E-state index contributed by atoms with van der Waals surface area (Å²) >= 11 is 0. The van der Waals surface area contributed by atoms with Gasteiger partial charge >= 0.3 is 0 Å². The zero-order chi connectivity index (χ0) is 12.1. The Hall–Kier alpha value is -0.980. The second-order valence-corrected chi connectivity index (χ2v) is 4.67. The highest BCUT2D eigenvalue weighted by Gasteiger charge is 2.26. The van der Waals surface area contributed by atoms with Crippen LogP contribution in [0, 0.1) is 5.92 Å². The number of rotatable bonds is 7. The van der Waals surface area contributed by atoms with Crippen molar-refractivity contribution in [3.05, 3.63) is 11.9 Å². The minimum absolute atomic E-state index is 0.0823. The summed E-state index contributed by atoms with van der Waals surface area (Å²) in [5.74, 6) is 0.606. The number of aryl methyl sites for hydroxylation is 1. The molecule has 1 heterocycles. The third kappa shape index (κ3) is 3.76. The van der Waals surface area contributed by atoms with Crippen molar-refractivity contribution < 1.29 is 10.2 Å². The molecule has 6 heteroatoms. The lowest BCUT2D eigenvalue weighted by atomic mass is 9.82. The average Bonchev–Trinajstić information content (AvgIpc) is 2.72. The molecule has 0 amide bonds. The molecular formula is C11H20N4O2. The van der Waals surface area contributed by atoms with E-state index in [-0.39, 0.29) is 12.7 Å². The fourth-order valence-corrected chi connectivity index (χ4v) is 2.03. The van der Waals surface area contributed by atoms with E-state index in [1.54, 1.807) is 4.68 Å². The predicted molar refractivity (Wildman–Crippen MR) is 62.2 cm³/mol. The monoisotopic (exact) mass is 240 g/mol. The molecule has 0 aromatic carbocycles. The van der Waals surface area contributed by atoms with E-state index in [4.69, 9.17) is 10.2 Å². The summed E-state index contributed by atoms with van der Waals surface area (Å²) in [6, 6.07) is 0. The lowest BCUT2D eigenvalue weighted by Crippen LogP contribution is -2.35. The van der Waals surface area contributed by atoms with Crippen LogP contribution in [0.15, 0.2) is 6.20 Å². The number of aromatic nitrogens is 3. The van der Waals surface area contributed by atoms with Crippen molar-refractivity contribution in [1.29, 1.82) is 0 Å². The number of hydrogen-bond acceptors (Lipinski definition) is 5. The van der Waals surface area contributed by atoms with Crippen molar-refractivity contribution in [2.24, 2.45) is 5.92 Å². The molecule has 0 spiro atoms. The van der Waals surface area contributed by atoms with Gasteiger partial charge in [-0.2, -0.15) is 0 Å². The molecule has 0 radical (unpaired) electrons. The van der Waals surface area contributed by atoms with Gasteiger partial charge in [-0.1, -0.05) is 5.21 Å². The summed E-state index contributed by atoms with van der Waals surface area (Å²) in [6.07, 6.45) is 4.35. The fourth-order valence-electron chi connectivity index (χ4n) is 2.03. The SMILES string of the molecule is OCCCn1cc(CNCC2CC(O)C2)nn1. The molecule has 1 aliphatic rings. The van der Waals surface area contributed by atoms with E-state index in [9.17, 15) is 0 Å². The molecule has 96 valence electrons. The maximum atomic E-state index is 9.15. The molecule has 0 unspecified atom stereocenters. The summed E-state index contributed by atoms with van der Waals surface area (Å²) < 4.78 is 1.75. The van der Waals surface area contributed by atoms with Gasteiger partial charge in [0.1, 0.15) is 0 Å². The highest BCUT2D eigenvalue weighted by molar-refractivity contribution is 4.92. The second-order valence-electron chi connectivity index (χ2n) is 4.67. The standard InChI is InChI=1S/C11H20N4O2/c16-3-1-2-15-8-10(13-14-15)7-12-6-9-4-11(17)5-9/h8-9,11-12,16-17H,1-7H2. The number of nitrogens with one attached hydrogen (secondary N) is 1. The molecule has 1 aromatic rings. The summed E-state index contributed by atoms with van der Waals surface area (Å²) in [7, 11) is 0. The Kier molecular flexibility index (Phi) is 4.47. The zero-order valence-electron chi connectivity index (χ0n) is 9.92. The number of nitrogens with zero attached hydrogens (tertiary/aromatic N) is 3. The van der Waals surface area contributed by atoms with E-state index in [1.165, 1.54) is 0 Å². The molecule has 2 rings (SSSR count). The van der Waals surface area contributed by atoms with Gasteiger partial charge < -0.3 is 15.5 Å². The summed E-state index contributed by atoms with van der Waals surface area (Å²) in [5, 5.41) is 29.2. The van der Waals surface area contributed by atoms with Gasteiger partial charge in [-0.05, 0) is 31.7 Å². The minimum atomic E-state index is -0.0823. The number of hydrogen-bond donors (Lipinski definition) is 3. The van der Waals surface area contributed by atoms with Crippen LogP contribution in [0.5, 0.6) is 0 Å². The van der Waals surface area contributed by atoms with Crippen molar-refractivity contribution >= 4 is 0 Å². The minimum Gasteiger partial charge on any atom is -0.396 e. The topological polar surface area (TPSA) is 83.2 Å². The van der Waals surface area contributed by atoms with E-state index in [0.717, 1.165) is 25.1 Å². The molecule has 1 aromatic heterocycles. The van der Waals surface area contributed by atoms with E-state index in [1.807, 2.05) is 6.20 Å². The molecule has 0 bridgehead atoms. The van der Waals surface area contributed by atoms with Crippen LogP contribution in [0.25, 0.3) is 0 Å². The Balaban J connectivity index is 1.63. The normalized spacial score (nSPS) is 23.6. The Labute approximate surface area is 101 Å². The van der Waals surface area contributed by atoms with E-state index in [2.05, 4.69) is 15.6 Å². The molecule has 0 saturated heterocycles. The van der Waals surface area contributed by atoms with Crippen LogP contribution in [0.3, 0.4) is 0 Å². The van der Waals surface area contributed by atoms with Gasteiger partial charge in [0.05, 0.1) is 11.8 Å². The van der Waals surface area contributed by atoms with Crippen molar-refractivity contribution in [2.45, 2.75) is 38.5 Å². The summed E-state index contributed by atoms with van der Waals surface area (Å²) in [4.78, 5) is 0. The van der Waals surface area contributed by atoms with Crippen LogP contribution >= 0.6 is 0 Å². The van der Waals surface area contributed by atoms with Crippen LogP contribution in [0.1, 0.15) is 25.0 Å². The van der Waals surface area contributed by atoms with Gasteiger partial charge in [-0.25, -0.2) is 0 Å². The lowest BCUT2D eigenvalue weighted by molar-refractivity contribution is 0.0429. The van der Waals surface area contributed by atoms with Crippen LogP contribution in [-0.4, -0.2) is 44.5 Å².